The van der Waals surface area contributed by atoms with Crippen molar-refractivity contribution in [1.82, 2.24) is 0 Å². The van der Waals surface area contributed by atoms with Gasteiger partial charge in [-0.05, 0) is 22.6 Å². The van der Waals surface area contributed by atoms with E-state index in [0.29, 0.717) is 0 Å². The van der Waals surface area contributed by atoms with Crippen LogP contribution in [0, 0.1) is 0 Å². The van der Waals surface area contributed by atoms with Crippen LogP contribution in [0.25, 0.3) is 0 Å². The third kappa shape index (κ3) is 1.64. The zero-order valence-electron chi connectivity index (χ0n) is 6.16. The Bertz CT molecular complexity index is 206. The molecule has 0 atom stereocenters. The summed E-state index contributed by atoms with van der Waals surface area (Å²) in [4.78, 5) is 0. The number of thiophene rings is 1. The highest BCUT2D eigenvalue weighted by atomic mass is 32.1. The molecule has 0 radical (unpaired) electrons. The average Bonchev–Trinajstić information content (AvgIpc) is 2.58. The molecule has 0 saturated carbocycles. The molecule has 0 aromatic carbocycles. The van der Waals surface area contributed by atoms with Crippen LogP contribution in [0.4, 0.5) is 0 Å². The molecule has 1 aliphatic rings. The molecular weight excluding hydrogens is 159 g/mol. The Morgan fingerprint density at radius 2 is 2.18 bits per heavy atom. The second-order valence-corrected chi connectivity index (χ2v) is 3.26. The zero-order valence-corrected chi connectivity index (χ0v) is 6.97. The van der Waals surface area contributed by atoms with E-state index in [0.717, 1.165) is 25.1 Å². The van der Waals surface area contributed by atoms with Crippen molar-refractivity contribution in [1.29, 1.82) is 0 Å². The first kappa shape index (κ1) is 7.34. The summed E-state index contributed by atoms with van der Waals surface area (Å²) in [5.74, 6) is 0. The Morgan fingerprint density at radius 3 is 2.82 bits per heavy atom. The first-order valence-corrected chi connectivity index (χ1v) is 4.66. The second kappa shape index (κ2) is 3.39. The predicted octanol–water partition coefficient (Wildman–Crippen LogP) is 0.880. The van der Waals surface area contributed by atoms with Gasteiger partial charge in [0.2, 0.25) is 0 Å². The maximum absolute atomic E-state index is 5.41. The standard InChI is InChI=1S/C7H9BO2S/c1-3-9-8(10-4-1)7-2-5-11-6-7/h2,5-6H,1,3-4H2. The van der Waals surface area contributed by atoms with Crippen LogP contribution in [-0.2, 0) is 9.31 Å². The van der Waals surface area contributed by atoms with E-state index >= 15 is 0 Å². The van der Waals surface area contributed by atoms with Crippen LogP contribution in [-0.4, -0.2) is 20.3 Å². The molecule has 1 aliphatic heterocycles. The molecule has 2 rings (SSSR count). The fourth-order valence-electron chi connectivity index (χ4n) is 1.09. The molecule has 0 amide bonds. The summed E-state index contributed by atoms with van der Waals surface area (Å²) in [7, 11) is -0.102. The van der Waals surface area contributed by atoms with Crippen molar-refractivity contribution in [2.75, 3.05) is 13.2 Å². The molecule has 1 aromatic rings. The Hall–Kier alpha value is -0.315. The Balaban J connectivity index is 2.04. The summed E-state index contributed by atoms with van der Waals surface area (Å²) in [6, 6.07) is 2.04. The lowest BCUT2D eigenvalue weighted by Crippen LogP contribution is -2.39. The summed E-state index contributed by atoms with van der Waals surface area (Å²) in [6.07, 6.45) is 1.01. The third-order valence-electron chi connectivity index (χ3n) is 1.64. The molecule has 58 valence electrons. The van der Waals surface area contributed by atoms with E-state index in [1.54, 1.807) is 11.3 Å². The van der Waals surface area contributed by atoms with Crippen molar-refractivity contribution in [3.63, 3.8) is 0 Å². The van der Waals surface area contributed by atoms with E-state index in [2.05, 4.69) is 5.38 Å². The van der Waals surface area contributed by atoms with Crippen molar-refractivity contribution in [2.45, 2.75) is 6.42 Å². The van der Waals surface area contributed by atoms with Gasteiger partial charge in [0.25, 0.3) is 0 Å². The third-order valence-corrected chi connectivity index (χ3v) is 2.34. The monoisotopic (exact) mass is 168 g/mol. The minimum Gasteiger partial charge on any atom is -0.407 e. The summed E-state index contributed by atoms with van der Waals surface area (Å²) in [6.45, 7) is 1.64. The Kier molecular flexibility index (Phi) is 2.26. The van der Waals surface area contributed by atoms with E-state index in [1.165, 1.54) is 0 Å². The van der Waals surface area contributed by atoms with Crippen molar-refractivity contribution in [3.05, 3.63) is 16.8 Å². The van der Waals surface area contributed by atoms with E-state index in [4.69, 9.17) is 9.31 Å². The van der Waals surface area contributed by atoms with Crippen LogP contribution in [0.2, 0.25) is 0 Å². The highest BCUT2D eigenvalue weighted by Gasteiger charge is 2.24. The first-order valence-electron chi connectivity index (χ1n) is 3.72. The number of hydrogen-bond acceptors (Lipinski definition) is 3. The van der Waals surface area contributed by atoms with E-state index in [9.17, 15) is 0 Å². The van der Waals surface area contributed by atoms with Gasteiger partial charge in [-0.1, -0.05) is 6.07 Å². The van der Waals surface area contributed by atoms with Crippen LogP contribution in [0.15, 0.2) is 16.8 Å². The lowest BCUT2D eigenvalue weighted by molar-refractivity contribution is 0.143. The SMILES string of the molecule is c1cc(B2OCCCO2)cs1. The van der Waals surface area contributed by atoms with Gasteiger partial charge < -0.3 is 9.31 Å². The molecule has 2 nitrogen and oxygen atoms in total. The van der Waals surface area contributed by atoms with Crippen molar-refractivity contribution < 1.29 is 9.31 Å². The maximum atomic E-state index is 5.41. The molecule has 2 heterocycles. The predicted molar refractivity (Wildman–Crippen MR) is 46.2 cm³/mol. The minimum atomic E-state index is -0.102. The smallest absolute Gasteiger partial charge is 0.407 e. The summed E-state index contributed by atoms with van der Waals surface area (Å²) < 4.78 is 10.8. The summed E-state index contributed by atoms with van der Waals surface area (Å²) in [5.41, 5.74) is 1.15. The Labute approximate surface area is 70.3 Å². The van der Waals surface area contributed by atoms with Crippen LogP contribution in [0.3, 0.4) is 0 Å². The van der Waals surface area contributed by atoms with Crippen LogP contribution in [0.5, 0.6) is 0 Å². The van der Waals surface area contributed by atoms with E-state index in [-0.39, 0.29) is 7.12 Å². The van der Waals surface area contributed by atoms with Gasteiger partial charge in [0.15, 0.2) is 0 Å². The van der Waals surface area contributed by atoms with Crippen molar-refractivity contribution in [3.8, 4) is 0 Å². The molecule has 4 heteroatoms. The highest BCUT2D eigenvalue weighted by molar-refractivity contribution is 7.09. The van der Waals surface area contributed by atoms with Crippen LogP contribution >= 0.6 is 11.3 Å². The summed E-state index contributed by atoms with van der Waals surface area (Å²) >= 11 is 1.67. The van der Waals surface area contributed by atoms with Gasteiger partial charge in [0.1, 0.15) is 0 Å². The largest absolute Gasteiger partial charge is 0.494 e. The van der Waals surface area contributed by atoms with Crippen LogP contribution < -0.4 is 5.46 Å². The highest BCUT2D eigenvalue weighted by Crippen LogP contribution is 2.03. The van der Waals surface area contributed by atoms with E-state index < -0.39 is 0 Å². The van der Waals surface area contributed by atoms with Crippen LogP contribution in [0.1, 0.15) is 6.42 Å². The molecule has 0 bridgehead atoms. The quantitative estimate of drug-likeness (QED) is 0.579. The molecule has 1 saturated heterocycles. The molecule has 0 aliphatic carbocycles. The molecular formula is C7H9BO2S. The topological polar surface area (TPSA) is 18.5 Å². The van der Waals surface area contributed by atoms with E-state index in [1.807, 2.05) is 11.4 Å². The lowest BCUT2D eigenvalue weighted by atomic mass is 9.80. The normalized spacial score (nSPS) is 18.7. The van der Waals surface area contributed by atoms with Gasteiger partial charge in [0, 0.05) is 13.2 Å². The number of rotatable bonds is 1. The molecule has 0 N–H and O–H groups in total. The first-order chi connectivity index (χ1) is 5.47. The van der Waals surface area contributed by atoms with Gasteiger partial charge >= 0.3 is 7.12 Å². The maximum Gasteiger partial charge on any atom is 0.494 e. The van der Waals surface area contributed by atoms with Gasteiger partial charge in [-0.15, -0.1) is 0 Å². The fourth-order valence-corrected chi connectivity index (χ4v) is 1.75. The number of hydrogen-bond donors (Lipinski definition) is 0. The minimum absolute atomic E-state index is 0.102. The van der Waals surface area contributed by atoms with Gasteiger partial charge in [0.05, 0.1) is 0 Å². The van der Waals surface area contributed by atoms with Crippen molar-refractivity contribution in [2.24, 2.45) is 0 Å². The van der Waals surface area contributed by atoms with Gasteiger partial charge in [-0.25, -0.2) is 0 Å². The molecule has 0 spiro atoms. The molecule has 0 unspecified atom stereocenters. The molecule has 11 heavy (non-hydrogen) atoms. The zero-order chi connectivity index (χ0) is 7.52. The van der Waals surface area contributed by atoms with Gasteiger partial charge in [-0.2, -0.15) is 11.3 Å². The molecule has 1 aromatic heterocycles. The molecule has 1 fully saturated rings. The van der Waals surface area contributed by atoms with Crippen molar-refractivity contribution >= 4 is 23.9 Å². The fraction of sp³-hybridized carbons (Fsp3) is 0.429. The summed E-state index contributed by atoms with van der Waals surface area (Å²) in [5, 5.41) is 4.10. The second-order valence-electron chi connectivity index (χ2n) is 2.48. The van der Waals surface area contributed by atoms with Gasteiger partial charge in [-0.3, -0.25) is 0 Å². The Morgan fingerprint density at radius 1 is 1.36 bits per heavy atom. The average molecular weight is 168 g/mol. The lowest BCUT2D eigenvalue weighted by Gasteiger charge is -2.18.